The monoisotopic (exact) mass is 410 g/mol. The number of halogens is 3. The molecule has 0 fully saturated rings. The van der Waals surface area contributed by atoms with Gasteiger partial charge in [-0.05, 0) is 54.4 Å². The Balaban J connectivity index is 2.04. The molecule has 0 aromatic heterocycles. The van der Waals surface area contributed by atoms with E-state index < -0.39 is 30.0 Å². The summed E-state index contributed by atoms with van der Waals surface area (Å²) in [5.74, 6) is -0.965. The Labute approximate surface area is 166 Å². The summed E-state index contributed by atoms with van der Waals surface area (Å²) in [6.07, 6.45) is -4.79. The molecule has 1 unspecified atom stereocenters. The molecule has 0 aliphatic heterocycles. The number of carbonyl (C=O) groups is 2. The van der Waals surface area contributed by atoms with Gasteiger partial charge >= 0.3 is 6.36 Å². The van der Waals surface area contributed by atoms with E-state index in [0.29, 0.717) is 11.3 Å². The standard InChI is InChI=1S/C20H21F3N2O4/c1-12(2)17(25-18(26)13-4-8-15(28-3)9-5-13)19(27)24-14-6-10-16(11-7-14)29-20(21,22)23/h4-12,17H,1-3H3,(H,24,27)(H,25,26). The number of carbonyl (C=O) groups excluding carboxylic acids is 2. The molecule has 0 heterocycles. The second-order valence-corrected chi connectivity index (χ2v) is 6.49. The van der Waals surface area contributed by atoms with Crippen LogP contribution in [0.3, 0.4) is 0 Å². The van der Waals surface area contributed by atoms with Gasteiger partial charge in [0.05, 0.1) is 7.11 Å². The van der Waals surface area contributed by atoms with Crippen molar-refractivity contribution in [2.75, 3.05) is 12.4 Å². The third-order valence-electron chi connectivity index (χ3n) is 3.94. The smallest absolute Gasteiger partial charge is 0.497 e. The van der Waals surface area contributed by atoms with Gasteiger partial charge in [0.25, 0.3) is 5.91 Å². The highest BCUT2D eigenvalue weighted by Gasteiger charge is 2.31. The zero-order valence-electron chi connectivity index (χ0n) is 16.0. The first-order chi connectivity index (χ1) is 13.6. The Morgan fingerprint density at radius 1 is 0.931 bits per heavy atom. The van der Waals surface area contributed by atoms with E-state index in [4.69, 9.17) is 4.74 Å². The lowest BCUT2D eigenvalue weighted by Crippen LogP contribution is -2.47. The number of amides is 2. The Morgan fingerprint density at radius 2 is 1.48 bits per heavy atom. The highest BCUT2D eigenvalue weighted by atomic mass is 19.4. The Hall–Kier alpha value is -3.23. The summed E-state index contributed by atoms with van der Waals surface area (Å²) in [6.45, 7) is 3.53. The van der Waals surface area contributed by atoms with Crippen molar-refractivity contribution >= 4 is 17.5 Å². The molecule has 0 spiro atoms. The Morgan fingerprint density at radius 3 is 1.97 bits per heavy atom. The summed E-state index contributed by atoms with van der Waals surface area (Å²) in [5.41, 5.74) is 0.631. The Kier molecular flexibility index (Phi) is 7.08. The molecule has 0 aliphatic carbocycles. The Bertz CT molecular complexity index is 834. The fourth-order valence-electron chi connectivity index (χ4n) is 2.46. The molecule has 1 atom stereocenters. The van der Waals surface area contributed by atoms with Crippen molar-refractivity contribution in [3.63, 3.8) is 0 Å². The number of benzene rings is 2. The number of anilines is 1. The molecule has 6 nitrogen and oxygen atoms in total. The molecule has 2 amide bonds. The third-order valence-corrected chi connectivity index (χ3v) is 3.94. The molecule has 0 bridgehead atoms. The van der Waals surface area contributed by atoms with Gasteiger partial charge in [-0.25, -0.2) is 0 Å². The number of nitrogens with one attached hydrogen (secondary N) is 2. The van der Waals surface area contributed by atoms with Gasteiger partial charge < -0.3 is 20.1 Å². The van der Waals surface area contributed by atoms with E-state index >= 15 is 0 Å². The van der Waals surface area contributed by atoms with Crippen molar-refractivity contribution < 1.29 is 32.2 Å². The number of methoxy groups -OCH3 is 1. The molecule has 0 aliphatic rings. The molecule has 2 N–H and O–H groups in total. The van der Waals surface area contributed by atoms with Gasteiger partial charge in [0.15, 0.2) is 0 Å². The minimum absolute atomic E-state index is 0.231. The van der Waals surface area contributed by atoms with Crippen molar-refractivity contribution in [1.29, 1.82) is 0 Å². The molecule has 2 aromatic rings. The third kappa shape index (κ3) is 6.70. The van der Waals surface area contributed by atoms with Crippen molar-refractivity contribution in [3.05, 3.63) is 54.1 Å². The number of hydrogen-bond donors (Lipinski definition) is 2. The highest BCUT2D eigenvalue weighted by molar-refractivity contribution is 6.01. The van der Waals surface area contributed by atoms with Crippen LogP contribution in [0.2, 0.25) is 0 Å². The summed E-state index contributed by atoms with van der Waals surface area (Å²) in [5, 5.41) is 5.25. The van der Waals surface area contributed by atoms with E-state index in [2.05, 4.69) is 15.4 Å². The topological polar surface area (TPSA) is 76.7 Å². The summed E-state index contributed by atoms with van der Waals surface area (Å²) < 4.78 is 45.5. The molecule has 0 radical (unpaired) electrons. The van der Waals surface area contributed by atoms with Crippen LogP contribution in [0.15, 0.2) is 48.5 Å². The van der Waals surface area contributed by atoms with Crippen LogP contribution >= 0.6 is 0 Å². The van der Waals surface area contributed by atoms with Crippen LogP contribution in [0.25, 0.3) is 0 Å². The molecule has 0 saturated carbocycles. The fraction of sp³-hybridized carbons (Fsp3) is 0.300. The number of hydrogen-bond acceptors (Lipinski definition) is 4. The minimum Gasteiger partial charge on any atom is -0.497 e. The molecular weight excluding hydrogens is 389 g/mol. The maximum atomic E-state index is 12.6. The van der Waals surface area contributed by atoms with E-state index in [-0.39, 0.29) is 11.6 Å². The van der Waals surface area contributed by atoms with E-state index in [1.807, 2.05) is 0 Å². The first-order valence-electron chi connectivity index (χ1n) is 8.70. The first kappa shape index (κ1) is 22.1. The predicted octanol–water partition coefficient (Wildman–Crippen LogP) is 3.99. The summed E-state index contributed by atoms with van der Waals surface area (Å²) in [4.78, 5) is 25.0. The van der Waals surface area contributed by atoms with Crippen LogP contribution in [0, 0.1) is 5.92 Å². The molecular formula is C20H21F3N2O4. The van der Waals surface area contributed by atoms with Crippen molar-refractivity contribution in [2.45, 2.75) is 26.3 Å². The van der Waals surface area contributed by atoms with Gasteiger partial charge in [-0.2, -0.15) is 0 Å². The van der Waals surface area contributed by atoms with E-state index in [9.17, 15) is 22.8 Å². The van der Waals surface area contributed by atoms with Gasteiger partial charge in [-0.1, -0.05) is 13.8 Å². The number of rotatable bonds is 7. The zero-order valence-corrected chi connectivity index (χ0v) is 16.0. The van der Waals surface area contributed by atoms with Crippen LogP contribution in [0.1, 0.15) is 24.2 Å². The maximum Gasteiger partial charge on any atom is 0.573 e. The van der Waals surface area contributed by atoms with Crippen LogP contribution in [-0.4, -0.2) is 31.3 Å². The van der Waals surface area contributed by atoms with Crippen LogP contribution in [0.5, 0.6) is 11.5 Å². The second kappa shape index (κ2) is 9.31. The average Bonchev–Trinajstić information content (AvgIpc) is 2.66. The molecule has 2 rings (SSSR count). The normalized spacial score (nSPS) is 12.2. The molecule has 156 valence electrons. The summed E-state index contributed by atoms with van der Waals surface area (Å²) in [6, 6.07) is 10.3. The zero-order chi connectivity index (χ0) is 21.6. The lowest BCUT2D eigenvalue weighted by molar-refractivity contribution is -0.274. The predicted molar refractivity (Wildman–Crippen MR) is 101 cm³/mol. The maximum absolute atomic E-state index is 12.6. The summed E-state index contributed by atoms with van der Waals surface area (Å²) >= 11 is 0. The highest BCUT2D eigenvalue weighted by Crippen LogP contribution is 2.24. The van der Waals surface area contributed by atoms with Crippen molar-refractivity contribution in [2.24, 2.45) is 5.92 Å². The number of alkyl halides is 3. The lowest BCUT2D eigenvalue weighted by Gasteiger charge is -2.22. The van der Waals surface area contributed by atoms with Gasteiger partial charge in [-0.15, -0.1) is 13.2 Å². The fourth-order valence-corrected chi connectivity index (χ4v) is 2.46. The van der Waals surface area contributed by atoms with Crippen LogP contribution in [0.4, 0.5) is 18.9 Å². The number of ether oxygens (including phenoxy) is 2. The minimum atomic E-state index is -4.79. The van der Waals surface area contributed by atoms with Gasteiger partial charge in [0.2, 0.25) is 5.91 Å². The first-order valence-corrected chi connectivity index (χ1v) is 8.70. The lowest BCUT2D eigenvalue weighted by atomic mass is 10.0. The van der Waals surface area contributed by atoms with Gasteiger partial charge in [0, 0.05) is 11.3 Å². The summed E-state index contributed by atoms with van der Waals surface area (Å²) in [7, 11) is 1.51. The van der Waals surface area contributed by atoms with Crippen molar-refractivity contribution in [3.8, 4) is 11.5 Å². The van der Waals surface area contributed by atoms with Crippen LogP contribution in [-0.2, 0) is 4.79 Å². The largest absolute Gasteiger partial charge is 0.573 e. The van der Waals surface area contributed by atoms with E-state index in [1.165, 1.54) is 19.2 Å². The van der Waals surface area contributed by atoms with Gasteiger partial charge in [0.1, 0.15) is 17.5 Å². The van der Waals surface area contributed by atoms with Crippen LogP contribution < -0.4 is 20.1 Å². The molecule has 9 heteroatoms. The average molecular weight is 410 g/mol. The van der Waals surface area contributed by atoms with E-state index in [0.717, 1.165) is 12.1 Å². The molecule has 0 saturated heterocycles. The van der Waals surface area contributed by atoms with Crippen molar-refractivity contribution in [1.82, 2.24) is 5.32 Å². The van der Waals surface area contributed by atoms with Gasteiger partial charge in [-0.3, -0.25) is 9.59 Å². The SMILES string of the molecule is COc1ccc(C(=O)NC(C(=O)Nc2ccc(OC(F)(F)F)cc2)C(C)C)cc1. The second-order valence-electron chi connectivity index (χ2n) is 6.49. The quantitative estimate of drug-likeness (QED) is 0.724. The molecule has 2 aromatic carbocycles. The molecule has 29 heavy (non-hydrogen) atoms. The van der Waals surface area contributed by atoms with E-state index in [1.54, 1.807) is 38.1 Å².